The number of furan rings is 1. The highest BCUT2D eigenvalue weighted by molar-refractivity contribution is 9.10. The average Bonchev–Trinajstić information content (AvgIpc) is 3.23. The largest absolute Gasteiger partial charge is 0.457 e. The number of benzene rings is 1. The molecule has 5 nitrogen and oxygen atoms in total. The third-order valence-corrected chi connectivity index (χ3v) is 3.83. The summed E-state index contributed by atoms with van der Waals surface area (Å²) in [5.74, 6) is -0.244. The lowest BCUT2D eigenvalue weighted by Gasteiger charge is -2.06. The Kier molecular flexibility index (Phi) is 4.29. The second-order valence-corrected chi connectivity index (χ2v) is 6.05. The molecule has 0 bridgehead atoms. The van der Waals surface area contributed by atoms with Gasteiger partial charge in [-0.2, -0.15) is 0 Å². The molecule has 114 valence electrons. The van der Waals surface area contributed by atoms with Crippen molar-refractivity contribution in [3.63, 3.8) is 0 Å². The smallest absolute Gasteiger partial charge is 0.254 e. The van der Waals surface area contributed by atoms with Gasteiger partial charge in [0.2, 0.25) is 0 Å². The molecule has 0 unspecified atom stereocenters. The topological polar surface area (TPSA) is 71.3 Å². The summed E-state index contributed by atoms with van der Waals surface area (Å²) in [6.45, 7) is 0.395. The van der Waals surface area contributed by atoms with E-state index in [1.54, 1.807) is 18.2 Å². The second kappa shape index (κ2) is 6.36. The molecule has 2 aromatic rings. The van der Waals surface area contributed by atoms with Crippen molar-refractivity contribution in [2.24, 2.45) is 0 Å². The quantitative estimate of drug-likeness (QED) is 0.858. The van der Waals surface area contributed by atoms with Crippen LogP contribution in [-0.2, 0) is 6.54 Å². The van der Waals surface area contributed by atoms with Crippen molar-refractivity contribution >= 4 is 27.7 Å². The highest BCUT2D eigenvalue weighted by Crippen LogP contribution is 2.19. The van der Waals surface area contributed by atoms with Crippen molar-refractivity contribution in [1.82, 2.24) is 10.6 Å². The van der Waals surface area contributed by atoms with Crippen molar-refractivity contribution in [2.75, 3.05) is 0 Å². The van der Waals surface area contributed by atoms with Crippen LogP contribution in [0.15, 0.2) is 45.7 Å². The number of hydrogen-bond acceptors (Lipinski definition) is 3. The second-order valence-electron chi connectivity index (χ2n) is 5.27. The van der Waals surface area contributed by atoms with E-state index in [1.807, 2.05) is 12.1 Å². The molecule has 0 radical (unpaired) electrons. The maximum atomic E-state index is 11.9. The average molecular weight is 363 g/mol. The van der Waals surface area contributed by atoms with Crippen LogP contribution >= 0.6 is 15.9 Å². The van der Waals surface area contributed by atoms with Crippen molar-refractivity contribution in [3.05, 3.63) is 58.0 Å². The monoisotopic (exact) mass is 362 g/mol. The van der Waals surface area contributed by atoms with E-state index in [-0.39, 0.29) is 11.8 Å². The van der Waals surface area contributed by atoms with Gasteiger partial charge in [0.1, 0.15) is 6.26 Å². The summed E-state index contributed by atoms with van der Waals surface area (Å²) in [6.07, 6.45) is 3.53. The van der Waals surface area contributed by atoms with E-state index in [4.69, 9.17) is 4.42 Å². The number of amides is 2. The zero-order valence-corrected chi connectivity index (χ0v) is 13.4. The van der Waals surface area contributed by atoms with Gasteiger partial charge in [-0.25, -0.2) is 0 Å². The third-order valence-electron chi connectivity index (χ3n) is 3.41. The Morgan fingerprint density at radius 2 is 1.86 bits per heavy atom. The molecular weight excluding hydrogens is 348 g/mol. The Bertz CT molecular complexity index is 690. The number of nitrogens with one attached hydrogen (secondary N) is 2. The van der Waals surface area contributed by atoms with E-state index in [0.29, 0.717) is 28.4 Å². The summed E-state index contributed by atoms with van der Waals surface area (Å²) >= 11 is 3.15. The maximum Gasteiger partial charge on any atom is 0.254 e. The highest BCUT2D eigenvalue weighted by atomic mass is 79.9. The molecule has 1 heterocycles. The molecule has 2 amide bonds. The maximum absolute atomic E-state index is 11.9. The third kappa shape index (κ3) is 3.76. The minimum atomic E-state index is -0.204. The van der Waals surface area contributed by atoms with Crippen molar-refractivity contribution in [1.29, 1.82) is 0 Å². The van der Waals surface area contributed by atoms with Crippen LogP contribution < -0.4 is 10.6 Å². The van der Waals surface area contributed by atoms with Crippen LogP contribution in [0.1, 0.15) is 39.1 Å². The Hall–Kier alpha value is -2.08. The number of carbonyl (C=O) groups excluding carboxylic acids is 2. The fraction of sp³-hybridized carbons (Fsp3) is 0.250. The Labute approximate surface area is 136 Å². The van der Waals surface area contributed by atoms with Crippen molar-refractivity contribution < 1.29 is 14.0 Å². The minimum absolute atomic E-state index is 0.0404. The van der Waals surface area contributed by atoms with Crippen LogP contribution in [0.5, 0.6) is 0 Å². The first-order chi connectivity index (χ1) is 10.6. The van der Waals surface area contributed by atoms with Crippen LogP contribution in [0.3, 0.4) is 0 Å². The summed E-state index contributed by atoms with van der Waals surface area (Å²) in [4.78, 5) is 23.7. The van der Waals surface area contributed by atoms with Gasteiger partial charge in [0.05, 0.1) is 5.56 Å². The van der Waals surface area contributed by atoms with Crippen molar-refractivity contribution in [2.45, 2.75) is 25.4 Å². The van der Waals surface area contributed by atoms with Gasteiger partial charge in [-0.15, -0.1) is 0 Å². The molecule has 1 aromatic carbocycles. The van der Waals surface area contributed by atoms with Crippen LogP contribution in [-0.4, -0.2) is 17.9 Å². The summed E-state index contributed by atoms with van der Waals surface area (Å²) in [7, 11) is 0. The standard InChI is InChI=1S/C16H15BrN2O3/c17-14-7-12(9-22-14)15(20)18-8-10-1-3-11(4-2-10)16(21)19-13-5-6-13/h1-4,7,9,13H,5-6,8H2,(H,18,20)(H,19,21). The molecule has 22 heavy (non-hydrogen) atoms. The van der Waals surface area contributed by atoms with Gasteiger partial charge in [0.25, 0.3) is 11.8 Å². The summed E-state index contributed by atoms with van der Waals surface area (Å²) in [5.41, 5.74) is 2.03. The lowest BCUT2D eigenvalue weighted by Crippen LogP contribution is -2.25. The predicted octanol–water partition coefficient (Wildman–Crippen LogP) is 2.86. The van der Waals surface area contributed by atoms with E-state index in [1.165, 1.54) is 6.26 Å². The van der Waals surface area contributed by atoms with E-state index in [0.717, 1.165) is 18.4 Å². The van der Waals surface area contributed by atoms with Gasteiger partial charge in [-0.05, 0) is 46.5 Å². The van der Waals surface area contributed by atoms with Crippen LogP contribution in [0, 0.1) is 0 Å². The highest BCUT2D eigenvalue weighted by Gasteiger charge is 2.23. The van der Waals surface area contributed by atoms with Gasteiger partial charge in [0, 0.05) is 24.2 Å². The van der Waals surface area contributed by atoms with Gasteiger partial charge in [-0.3, -0.25) is 9.59 Å². The minimum Gasteiger partial charge on any atom is -0.457 e. The molecule has 0 atom stereocenters. The zero-order chi connectivity index (χ0) is 15.5. The van der Waals surface area contributed by atoms with Crippen LogP contribution in [0.25, 0.3) is 0 Å². The number of rotatable bonds is 5. The molecular formula is C16H15BrN2O3. The zero-order valence-electron chi connectivity index (χ0n) is 11.8. The number of carbonyl (C=O) groups is 2. The van der Waals surface area contributed by atoms with Crippen molar-refractivity contribution in [3.8, 4) is 0 Å². The molecule has 3 rings (SSSR count). The summed E-state index contributed by atoms with van der Waals surface area (Å²) in [6, 6.07) is 9.18. The van der Waals surface area contributed by atoms with Gasteiger partial charge in [-0.1, -0.05) is 12.1 Å². The van der Waals surface area contributed by atoms with Gasteiger partial charge in [0.15, 0.2) is 4.67 Å². The molecule has 2 N–H and O–H groups in total. The lowest BCUT2D eigenvalue weighted by molar-refractivity contribution is 0.0941. The summed E-state index contributed by atoms with van der Waals surface area (Å²) in [5, 5.41) is 5.74. The fourth-order valence-corrected chi connectivity index (χ4v) is 2.32. The Morgan fingerprint density at radius 3 is 2.45 bits per heavy atom. The Balaban J connectivity index is 1.54. The molecule has 1 aliphatic carbocycles. The van der Waals surface area contributed by atoms with E-state index in [2.05, 4.69) is 26.6 Å². The lowest BCUT2D eigenvalue weighted by atomic mass is 10.1. The van der Waals surface area contributed by atoms with Crippen LogP contribution in [0.4, 0.5) is 0 Å². The SMILES string of the molecule is O=C(NCc1ccc(C(=O)NC2CC2)cc1)c1coc(Br)c1. The number of hydrogen-bond donors (Lipinski definition) is 2. The molecule has 0 spiro atoms. The van der Waals surface area contributed by atoms with E-state index >= 15 is 0 Å². The summed E-state index contributed by atoms with van der Waals surface area (Å²) < 4.78 is 5.55. The normalized spacial score (nSPS) is 13.7. The number of halogens is 1. The fourth-order valence-electron chi connectivity index (χ4n) is 1.98. The molecule has 1 aliphatic rings. The first-order valence-corrected chi connectivity index (χ1v) is 7.83. The molecule has 0 saturated heterocycles. The molecule has 1 aromatic heterocycles. The molecule has 6 heteroatoms. The molecule has 1 saturated carbocycles. The molecule has 0 aliphatic heterocycles. The Morgan fingerprint density at radius 1 is 1.14 bits per heavy atom. The van der Waals surface area contributed by atoms with E-state index in [9.17, 15) is 9.59 Å². The van der Waals surface area contributed by atoms with E-state index < -0.39 is 0 Å². The van der Waals surface area contributed by atoms with Gasteiger partial charge < -0.3 is 15.1 Å². The first-order valence-electron chi connectivity index (χ1n) is 7.04. The first kappa shape index (κ1) is 14.8. The van der Waals surface area contributed by atoms with Gasteiger partial charge >= 0.3 is 0 Å². The molecule has 1 fully saturated rings. The predicted molar refractivity (Wildman–Crippen MR) is 84.5 cm³/mol. The van der Waals surface area contributed by atoms with Crippen LogP contribution in [0.2, 0.25) is 0 Å².